The molecule has 0 aliphatic carbocycles. The second-order valence-corrected chi connectivity index (χ2v) is 9.76. The van der Waals surface area contributed by atoms with Gasteiger partial charge in [0.15, 0.2) is 0 Å². The number of carboxylic acids is 1. The lowest BCUT2D eigenvalue weighted by Crippen LogP contribution is -2.22. The van der Waals surface area contributed by atoms with Crippen LogP contribution in [0, 0.1) is 0 Å². The summed E-state index contributed by atoms with van der Waals surface area (Å²) >= 11 is 1.99. The van der Waals surface area contributed by atoms with E-state index >= 15 is 0 Å². The zero-order valence-corrected chi connectivity index (χ0v) is 18.6. The molecule has 0 fully saturated rings. The van der Waals surface area contributed by atoms with E-state index < -0.39 is 5.97 Å². The number of carboxylic acid groups (broad SMARTS) is 1. The maximum absolute atomic E-state index is 11.1. The van der Waals surface area contributed by atoms with Gasteiger partial charge in [0.05, 0.1) is 5.56 Å². The van der Waals surface area contributed by atoms with Crippen molar-refractivity contribution in [3.8, 4) is 0 Å². The minimum Gasteiger partial charge on any atom is -0.478 e. The van der Waals surface area contributed by atoms with Crippen LogP contribution in [-0.2, 0) is 5.41 Å². The van der Waals surface area contributed by atoms with E-state index in [0.29, 0.717) is 11.5 Å². The fourth-order valence-corrected chi connectivity index (χ4v) is 5.50. The molecule has 0 amide bonds. The van der Waals surface area contributed by atoms with Crippen molar-refractivity contribution in [1.29, 1.82) is 0 Å². The van der Waals surface area contributed by atoms with E-state index in [1.54, 1.807) is 12.1 Å². The van der Waals surface area contributed by atoms with Crippen molar-refractivity contribution in [3.05, 3.63) is 70.8 Å². The summed E-state index contributed by atoms with van der Waals surface area (Å²) in [6.07, 6.45) is 10.5. The lowest BCUT2D eigenvalue weighted by atomic mass is 9.80. The molecule has 2 aromatic carbocycles. The number of rotatable bonds is 8. The van der Waals surface area contributed by atoms with Gasteiger partial charge in [-0.25, -0.2) is 4.79 Å². The summed E-state index contributed by atoms with van der Waals surface area (Å²) in [5.74, 6) is 0.694. The van der Waals surface area contributed by atoms with Crippen LogP contribution >= 0.6 is 11.8 Å². The number of thioether (sulfide) groups is 1. The molecule has 1 N–H and O–H groups in total. The number of unbranched alkanes of at least 4 members (excludes halogenated alkanes) is 2. The Morgan fingerprint density at radius 1 is 1.17 bits per heavy atom. The number of hydrogen-bond donors (Lipinski definition) is 1. The zero-order valence-electron chi connectivity index (χ0n) is 17.8. The first-order valence-corrected chi connectivity index (χ1v) is 11.7. The van der Waals surface area contributed by atoms with Gasteiger partial charge in [-0.1, -0.05) is 76.5 Å². The smallest absolute Gasteiger partial charge is 0.335 e. The first-order valence-electron chi connectivity index (χ1n) is 10.7. The quantitative estimate of drug-likeness (QED) is 0.458. The molecule has 29 heavy (non-hydrogen) atoms. The Hall–Kier alpha value is -2.00. The largest absolute Gasteiger partial charge is 0.478 e. The SMILES string of the molecule is CCCCCC(C=Cc1ccc(C(=O)O)cc1)c1ccc2c(c1)SCCC2(C)C. The molecule has 0 bridgehead atoms. The van der Waals surface area contributed by atoms with E-state index in [-0.39, 0.29) is 5.41 Å². The standard InChI is InChI=1S/C26H32O2S/c1-4-5-6-7-20(11-8-19-9-12-21(13-10-19)25(27)28)22-14-15-23-24(18-22)29-17-16-26(23,2)3/h8-15,18,20H,4-7,16-17H2,1-3H3,(H,27,28). The third kappa shape index (κ3) is 5.54. The predicted molar refractivity (Wildman–Crippen MR) is 124 cm³/mol. The van der Waals surface area contributed by atoms with E-state index in [0.717, 1.165) is 12.0 Å². The number of allylic oxidation sites excluding steroid dienone is 1. The average Bonchev–Trinajstić information content (AvgIpc) is 2.70. The predicted octanol–water partition coefficient (Wildman–Crippen LogP) is 7.54. The number of carbonyl (C=O) groups is 1. The number of hydrogen-bond acceptors (Lipinski definition) is 2. The Kier molecular flexibility index (Phi) is 7.23. The van der Waals surface area contributed by atoms with E-state index in [4.69, 9.17) is 5.11 Å². The van der Waals surface area contributed by atoms with Crippen molar-refractivity contribution in [2.45, 2.75) is 69.1 Å². The van der Waals surface area contributed by atoms with Crippen LogP contribution in [0.3, 0.4) is 0 Å². The van der Waals surface area contributed by atoms with Crippen LogP contribution in [0.4, 0.5) is 0 Å². The van der Waals surface area contributed by atoms with E-state index in [1.165, 1.54) is 47.5 Å². The summed E-state index contributed by atoms with van der Waals surface area (Å²) in [6, 6.07) is 14.2. The highest BCUT2D eigenvalue weighted by molar-refractivity contribution is 7.99. The zero-order chi connectivity index (χ0) is 20.9. The van der Waals surface area contributed by atoms with Gasteiger partial charge in [0.2, 0.25) is 0 Å². The van der Waals surface area contributed by atoms with Crippen LogP contribution < -0.4 is 0 Å². The lowest BCUT2D eigenvalue weighted by Gasteiger charge is -2.32. The Balaban J connectivity index is 1.84. The third-order valence-electron chi connectivity index (χ3n) is 5.94. The average molecular weight is 409 g/mol. The molecule has 0 radical (unpaired) electrons. The fraction of sp³-hybridized carbons (Fsp3) is 0.423. The van der Waals surface area contributed by atoms with E-state index in [1.807, 2.05) is 23.9 Å². The molecule has 2 nitrogen and oxygen atoms in total. The summed E-state index contributed by atoms with van der Waals surface area (Å²) in [4.78, 5) is 12.5. The topological polar surface area (TPSA) is 37.3 Å². The van der Waals surface area contributed by atoms with Crippen molar-refractivity contribution < 1.29 is 9.90 Å². The molecule has 0 saturated heterocycles. The molecule has 0 spiro atoms. The first kappa shape index (κ1) is 21.7. The molecule has 1 heterocycles. The molecule has 1 atom stereocenters. The molecule has 0 aromatic heterocycles. The Labute approximate surface area is 179 Å². The second kappa shape index (κ2) is 9.67. The minimum absolute atomic E-state index is 0.262. The maximum Gasteiger partial charge on any atom is 0.335 e. The minimum atomic E-state index is -0.882. The van der Waals surface area contributed by atoms with E-state index in [9.17, 15) is 4.79 Å². The fourth-order valence-electron chi connectivity index (χ4n) is 3.95. The Bertz CT molecular complexity index is 865. The van der Waals surface area contributed by atoms with Crippen LogP contribution in [0.5, 0.6) is 0 Å². The van der Waals surface area contributed by atoms with Gasteiger partial charge in [-0.2, -0.15) is 0 Å². The van der Waals surface area contributed by atoms with Gasteiger partial charge in [0.1, 0.15) is 0 Å². The molecule has 3 rings (SSSR count). The number of aromatic carboxylic acids is 1. The van der Waals surface area contributed by atoms with Gasteiger partial charge < -0.3 is 5.11 Å². The van der Waals surface area contributed by atoms with Crippen molar-refractivity contribution in [2.75, 3.05) is 5.75 Å². The molecule has 154 valence electrons. The van der Waals surface area contributed by atoms with Gasteiger partial charge in [-0.15, -0.1) is 11.8 Å². The van der Waals surface area contributed by atoms with Crippen LogP contribution in [0.2, 0.25) is 0 Å². The second-order valence-electron chi connectivity index (χ2n) is 8.63. The number of benzene rings is 2. The molecule has 1 unspecified atom stereocenters. The summed E-state index contributed by atoms with van der Waals surface area (Å²) in [7, 11) is 0. The summed E-state index contributed by atoms with van der Waals surface area (Å²) < 4.78 is 0. The van der Waals surface area contributed by atoms with Crippen LogP contribution in [0.25, 0.3) is 6.08 Å². The van der Waals surface area contributed by atoms with Gasteiger partial charge in [0.25, 0.3) is 0 Å². The van der Waals surface area contributed by atoms with E-state index in [2.05, 4.69) is 51.1 Å². The van der Waals surface area contributed by atoms with Crippen LogP contribution in [0.15, 0.2) is 53.4 Å². The number of fused-ring (bicyclic) bond motifs is 1. The molecule has 1 aliphatic heterocycles. The molecular formula is C26H32O2S. The Morgan fingerprint density at radius 3 is 2.62 bits per heavy atom. The monoisotopic (exact) mass is 408 g/mol. The molecule has 2 aromatic rings. The molecule has 3 heteroatoms. The highest BCUT2D eigenvalue weighted by atomic mass is 32.2. The van der Waals surface area contributed by atoms with Crippen LogP contribution in [0.1, 0.15) is 85.8 Å². The van der Waals surface area contributed by atoms with Gasteiger partial charge >= 0.3 is 5.97 Å². The molecule has 0 saturated carbocycles. The third-order valence-corrected chi connectivity index (χ3v) is 7.00. The van der Waals surface area contributed by atoms with Gasteiger partial charge in [0, 0.05) is 10.8 Å². The van der Waals surface area contributed by atoms with Crippen LogP contribution in [-0.4, -0.2) is 16.8 Å². The summed E-state index contributed by atoms with van der Waals surface area (Å²) in [5, 5.41) is 9.08. The van der Waals surface area contributed by atoms with Crippen molar-refractivity contribution in [2.24, 2.45) is 0 Å². The van der Waals surface area contributed by atoms with Crippen molar-refractivity contribution in [1.82, 2.24) is 0 Å². The lowest BCUT2D eigenvalue weighted by molar-refractivity contribution is 0.0697. The normalized spacial score (nSPS) is 16.5. The summed E-state index contributed by atoms with van der Waals surface area (Å²) in [5.41, 5.74) is 4.51. The van der Waals surface area contributed by atoms with Crippen molar-refractivity contribution >= 4 is 23.8 Å². The highest BCUT2D eigenvalue weighted by Gasteiger charge is 2.28. The summed E-state index contributed by atoms with van der Waals surface area (Å²) in [6.45, 7) is 6.95. The van der Waals surface area contributed by atoms with Gasteiger partial charge in [-0.05, 0) is 58.9 Å². The molecule has 1 aliphatic rings. The van der Waals surface area contributed by atoms with Crippen molar-refractivity contribution in [3.63, 3.8) is 0 Å². The first-order chi connectivity index (χ1) is 13.9. The Morgan fingerprint density at radius 2 is 1.93 bits per heavy atom. The maximum atomic E-state index is 11.1. The molecular weight excluding hydrogens is 376 g/mol. The van der Waals surface area contributed by atoms with Gasteiger partial charge in [-0.3, -0.25) is 0 Å². The highest BCUT2D eigenvalue weighted by Crippen LogP contribution is 2.43.